The number of oxime groups is 1. The lowest BCUT2D eigenvalue weighted by Gasteiger charge is -2.18. The molecule has 0 aliphatic carbocycles. The van der Waals surface area contributed by atoms with Crippen molar-refractivity contribution in [3.63, 3.8) is 0 Å². The molecule has 178 valence electrons. The van der Waals surface area contributed by atoms with E-state index in [1.54, 1.807) is 12.1 Å². The van der Waals surface area contributed by atoms with E-state index in [0.29, 0.717) is 17.3 Å². The van der Waals surface area contributed by atoms with Crippen LogP contribution in [0.15, 0.2) is 65.9 Å². The van der Waals surface area contributed by atoms with E-state index in [-0.39, 0.29) is 27.9 Å². The van der Waals surface area contributed by atoms with Crippen molar-refractivity contribution in [1.29, 1.82) is 0 Å². The minimum absolute atomic E-state index is 0.0468. The highest BCUT2D eigenvalue weighted by Gasteiger charge is 2.31. The molecule has 0 atom stereocenters. The zero-order valence-corrected chi connectivity index (χ0v) is 19.2. The molecule has 0 aliphatic heterocycles. The van der Waals surface area contributed by atoms with E-state index < -0.39 is 17.7 Å². The van der Waals surface area contributed by atoms with Crippen LogP contribution in [0, 0.1) is 0 Å². The fraction of sp³-hybridized carbons (Fsp3) is 0.208. The van der Waals surface area contributed by atoms with Crippen LogP contribution in [0.5, 0.6) is 11.6 Å². The molecular formula is C24H21ClF3N3O3. The molecule has 0 saturated heterocycles. The number of pyridine rings is 1. The van der Waals surface area contributed by atoms with Crippen molar-refractivity contribution in [3.05, 3.63) is 88.1 Å². The van der Waals surface area contributed by atoms with Crippen molar-refractivity contribution in [2.75, 3.05) is 0 Å². The molecule has 1 heterocycles. The molecule has 0 bridgehead atoms. The Bertz CT molecular complexity index is 1200. The number of amidine groups is 1. The van der Waals surface area contributed by atoms with Crippen LogP contribution in [0.4, 0.5) is 13.2 Å². The van der Waals surface area contributed by atoms with Gasteiger partial charge in [0.25, 0.3) is 0 Å². The van der Waals surface area contributed by atoms with Gasteiger partial charge in [-0.15, -0.1) is 0 Å². The first-order valence-corrected chi connectivity index (χ1v) is 10.4. The standard InChI is InChI=1S/C24H21ClF3N3O3/c1-23(2,3)16-8-4-15(5-9-16)22(32)34-31-20(29)14-6-10-18(11-7-14)33-21-19(25)12-17(13-30-21)24(26,27)28/h4-13H,1-3H3,(H2,29,31). The molecular weight excluding hydrogens is 471 g/mol. The molecule has 3 aromatic rings. The van der Waals surface area contributed by atoms with E-state index in [0.717, 1.165) is 11.6 Å². The lowest BCUT2D eigenvalue weighted by Crippen LogP contribution is -2.15. The molecule has 0 saturated carbocycles. The first kappa shape index (κ1) is 25.0. The third-order valence-electron chi connectivity index (χ3n) is 4.71. The van der Waals surface area contributed by atoms with Gasteiger partial charge in [0.2, 0.25) is 5.88 Å². The third kappa shape index (κ3) is 6.26. The van der Waals surface area contributed by atoms with Crippen LogP contribution in [-0.2, 0) is 16.4 Å². The summed E-state index contributed by atoms with van der Waals surface area (Å²) >= 11 is 5.84. The Morgan fingerprint density at radius 3 is 2.09 bits per heavy atom. The zero-order valence-electron chi connectivity index (χ0n) is 18.5. The van der Waals surface area contributed by atoms with Gasteiger partial charge >= 0.3 is 12.1 Å². The maximum Gasteiger partial charge on any atom is 0.417 e. The van der Waals surface area contributed by atoms with Crippen LogP contribution >= 0.6 is 11.6 Å². The third-order valence-corrected chi connectivity index (χ3v) is 4.98. The normalized spacial score (nSPS) is 12.4. The molecule has 10 heteroatoms. The van der Waals surface area contributed by atoms with Crippen LogP contribution in [-0.4, -0.2) is 16.8 Å². The average Bonchev–Trinajstić information content (AvgIpc) is 2.78. The fourth-order valence-electron chi connectivity index (χ4n) is 2.76. The first-order valence-electron chi connectivity index (χ1n) is 10.0. The van der Waals surface area contributed by atoms with Gasteiger partial charge in [0.15, 0.2) is 5.84 Å². The molecule has 1 aromatic heterocycles. The summed E-state index contributed by atoms with van der Waals surface area (Å²) in [7, 11) is 0. The highest BCUT2D eigenvalue weighted by Crippen LogP contribution is 2.34. The number of carbonyl (C=O) groups is 1. The fourth-order valence-corrected chi connectivity index (χ4v) is 2.97. The number of hydrogen-bond acceptors (Lipinski definition) is 5. The summed E-state index contributed by atoms with van der Waals surface area (Å²) in [6.45, 7) is 6.20. The van der Waals surface area contributed by atoms with E-state index in [1.165, 1.54) is 24.3 Å². The molecule has 3 rings (SSSR count). The summed E-state index contributed by atoms with van der Waals surface area (Å²) in [4.78, 5) is 20.8. The number of aromatic nitrogens is 1. The molecule has 0 amide bonds. The van der Waals surface area contributed by atoms with E-state index in [1.807, 2.05) is 12.1 Å². The Balaban J connectivity index is 1.64. The number of nitrogens with zero attached hydrogens (tertiary/aromatic N) is 2. The van der Waals surface area contributed by atoms with Crippen molar-refractivity contribution in [1.82, 2.24) is 4.98 Å². The summed E-state index contributed by atoms with van der Waals surface area (Å²) in [6.07, 6.45) is -3.93. The number of halogens is 4. The van der Waals surface area contributed by atoms with E-state index in [2.05, 4.69) is 30.9 Å². The van der Waals surface area contributed by atoms with Gasteiger partial charge in [-0.1, -0.05) is 49.7 Å². The Kier molecular flexibility index (Phi) is 7.16. The highest BCUT2D eigenvalue weighted by molar-refractivity contribution is 6.31. The second-order valence-electron chi connectivity index (χ2n) is 8.32. The van der Waals surface area contributed by atoms with E-state index >= 15 is 0 Å². The molecule has 0 aliphatic rings. The summed E-state index contributed by atoms with van der Waals surface area (Å²) < 4.78 is 43.6. The van der Waals surface area contributed by atoms with Crippen molar-refractivity contribution in [3.8, 4) is 11.6 Å². The van der Waals surface area contributed by atoms with Crippen molar-refractivity contribution in [2.24, 2.45) is 10.9 Å². The average molecular weight is 492 g/mol. The summed E-state index contributed by atoms with van der Waals surface area (Å²) in [5, 5.41) is 3.38. The Labute approximate surface area is 199 Å². The molecule has 34 heavy (non-hydrogen) atoms. The number of rotatable bonds is 5. The van der Waals surface area contributed by atoms with Crippen molar-refractivity contribution >= 4 is 23.4 Å². The second kappa shape index (κ2) is 9.72. The molecule has 0 unspecified atom stereocenters. The van der Waals surface area contributed by atoms with Gasteiger partial charge in [-0.25, -0.2) is 9.78 Å². The number of hydrogen-bond donors (Lipinski definition) is 1. The number of alkyl halides is 3. The molecule has 0 spiro atoms. The molecule has 2 aromatic carbocycles. The SMILES string of the molecule is CC(C)(C)c1ccc(C(=O)O/N=C(/N)c2ccc(Oc3ncc(C(F)(F)F)cc3Cl)cc2)cc1. The number of nitrogens with two attached hydrogens (primary N) is 1. The van der Waals surface area contributed by atoms with Gasteiger partial charge in [-0.2, -0.15) is 13.2 Å². The quantitative estimate of drug-likeness (QED) is 0.195. The van der Waals surface area contributed by atoms with Crippen LogP contribution in [0.1, 0.15) is 47.8 Å². The largest absolute Gasteiger partial charge is 0.438 e. The van der Waals surface area contributed by atoms with Crippen LogP contribution in [0.3, 0.4) is 0 Å². The predicted octanol–water partition coefficient (Wildman–Crippen LogP) is 6.32. The van der Waals surface area contributed by atoms with Gasteiger partial charge in [-0.05, 0) is 53.4 Å². The summed E-state index contributed by atoms with van der Waals surface area (Å²) in [6, 6.07) is 13.8. The minimum atomic E-state index is -4.56. The van der Waals surface area contributed by atoms with E-state index in [9.17, 15) is 18.0 Å². The molecule has 6 nitrogen and oxygen atoms in total. The maximum absolute atomic E-state index is 12.7. The van der Waals surface area contributed by atoms with Gasteiger partial charge in [0, 0.05) is 11.8 Å². The number of carbonyl (C=O) groups excluding carboxylic acids is 1. The molecule has 0 fully saturated rings. The molecule has 0 radical (unpaired) electrons. The smallest absolute Gasteiger partial charge is 0.417 e. The lowest BCUT2D eigenvalue weighted by atomic mass is 9.87. The monoisotopic (exact) mass is 491 g/mol. The second-order valence-corrected chi connectivity index (χ2v) is 8.72. The number of benzene rings is 2. The van der Waals surface area contributed by atoms with Crippen molar-refractivity contribution in [2.45, 2.75) is 32.4 Å². The minimum Gasteiger partial charge on any atom is -0.438 e. The summed E-state index contributed by atoms with van der Waals surface area (Å²) in [5.74, 6) is -0.652. The summed E-state index contributed by atoms with van der Waals surface area (Å²) in [5.41, 5.74) is 6.67. The van der Waals surface area contributed by atoms with Gasteiger partial charge in [0.05, 0.1) is 11.1 Å². The van der Waals surface area contributed by atoms with Crippen LogP contribution in [0.2, 0.25) is 5.02 Å². The lowest BCUT2D eigenvalue weighted by molar-refractivity contribution is -0.137. The predicted molar refractivity (Wildman–Crippen MR) is 122 cm³/mol. The number of ether oxygens (including phenoxy) is 1. The first-order chi connectivity index (χ1) is 15.8. The topological polar surface area (TPSA) is 86.8 Å². The van der Waals surface area contributed by atoms with E-state index in [4.69, 9.17) is 26.9 Å². The van der Waals surface area contributed by atoms with Crippen LogP contribution < -0.4 is 10.5 Å². The Morgan fingerprint density at radius 1 is 0.971 bits per heavy atom. The Hall–Kier alpha value is -3.59. The zero-order chi connectivity index (χ0) is 25.1. The van der Waals surface area contributed by atoms with Gasteiger partial charge in [-0.3, -0.25) is 0 Å². The molecule has 2 N–H and O–H groups in total. The maximum atomic E-state index is 12.7. The highest BCUT2D eigenvalue weighted by atomic mass is 35.5. The Morgan fingerprint density at radius 2 is 1.56 bits per heavy atom. The van der Waals surface area contributed by atoms with Crippen molar-refractivity contribution < 1.29 is 27.5 Å². The van der Waals surface area contributed by atoms with Crippen LogP contribution in [0.25, 0.3) is 0 Å². The van der Waals surface area contributed by atoms with Gasteiger partial charge in [0.1, 0.15) is 10.8 Å². The van der Waals surface area contributed by atoms with Gasteiger partial charge < -0.3 is 15.3 Å².